The number of rotatable bonds is 5. The van der Waals surface area contributed by atoms with Crippen LogP contribution in [0.15, 0.2) is 64.4 Å². The number of aryl methyl sites for hydroxylation is 1. The minimum Gasteiger partial charge on any atom is -0.339 e. The van der Waals surface area contributed by atoms with Gasteiger partial charge in [-0.1, -0.05) is 35.9 Å². The molecule has 1 fully saturated rings. The van der Waals surface area contributed by atoms with Crippen molar-refractivity contribution in [2.75, 3.05) is 26.2 Å². The quantitative estimate of drug-likeness (QED) is 0.719. The standard InChI is InChI=1S/C20H24N2O3S2/c1-16-8-10-19(11-9-16)27(24,25)22-14-12-21(13-15-22)20(23)17(2)26-18-6-4-3-5-7-18/h3-11,17H,12-15H2,1-2H3. The van der Waals surface area contributed by atoms with Gasteiger partial charge in [0.1, 0.15) is 0 Å². The maximum atomic E-state index is 12.8. The van der Waals surface area contributed by atoms with Gasteiger partial charge in [-0.15, -0.1) is 11.8 Å². The molecule has 1 unspecified atom stereocenters. The Hall–Kier alpha value is -1.83. The molecule has 5 nitrogen and oxygen atoms in total. The third kappa shape index (κ3) is 4.72. The number of hydrogen-bond acceptors (Lipinski definition) is 4. The van der Waals surface area contributed by atoms with E-state index < -0.39 is 10.0 Å². The molecule has 0 bridgehead atoms. The molecule has 2 aromatic carbocycles. The third-order valence-corrected chi connectivity index (χ3v) is 7.63. The zero-order valence-corrected chi connectivity index (χ0v) is 17.2. The summed E-state index contributed by atoms with van der Waals surface area (Å²) in [5.41, 5.74) is 1.02. The van der Waals surface area contributed by atoms with Crippen molar-refractivity contribution in [3.8, 4) is 0 Å². The fraction of sp³-hybridized carbons (Fsp3) is 0.350. The summed E-state index contributed by atoms with van der Waals surface area (Å²) >= 11 is 1.53. The van der Waals surface area contributed by atoms with Crippen LogP contribution < -0.4 is 0 Å². The van der Waals surface area contributed by atoms with Crippen LogP contribution in [0.25, 0.3) is 0 Å². The molecule has 1 aliphatic rings. The molecule has 0 aliphatic carbocycles. The van der Waals surface area contributed by atoms with Crippen LogP contribution in [0, 0.1) is 6.92 Å². The van der Waals surface area contributed by atoms with Crippen LogP contribution in [0.2, 0.25) is 0 Å². The van der Waals surface area contributed by atoms with E-state index in [9.17, 15) is 13.2 Å². The lowest BCUT2D eigenvalue weighted by Crippen LogP contribution is -2.52. The highest BCUT2D eigenvalue weighted by molar-refractivity contribution is 8.00. The van der Waals surface area contributed by atoms with Gasteiger partial charge < -0.3 is 4.90 Å². The van der Waals surface area contributed by atoms with Gasteiger partial charge in [0, 0.05) is 31.1 Å². The third-order valence-electron chi connectivity index (χ3n) is 4.61. The number of thioether (sulfide) groups is 1. The molecule has 0 spiro atoms. The van der Waals surface area contributed by atoms with Crippen molar-refractivity contribution in [2.45, 2.75) is 28.9 Å². The maximum absolute atomic E-state index is 12.8. The number of nitrogens with zero attached hydrogens (tertiary/aromatic N) is 2. The van der Waals surface area contributed by atoms with Crippen LogP contribution in [0.4, 0.5) is 0 Å². The Labute approximate surface area is 165 Å². The Morgan fingerprint density at radius 1 is 0.963 bits per heavy atom. The Morgan fingerprint density at radius 3 is 2.15 bits per heavy atom. The molecule has 1 aliphatic heterocycles. The van der Waals surface area contributed by atoms with Crippen LogP contribution in [0.3, 0.4) is 0 Å². The van der Waals surface area contributed by atoms with Gasteiger partial charge in [-0.25, -0.2) is 8.42 Å². The molecular weight excluding hydrogens is 380 g/mol. The van der Waals surface area contributed by atoms with Gasteiger partial charge in [0.25, 0.3) is 0 Å². The number of piperazine rings is 1. The molecule has 144 valence electrons. The zero-order valence-electron chi connectivity index (χ0n) is 15.5. The van der Waals surface area contributed by atoms with E-state index in [1.165, 1.54) is 16.1 Å². The fourth-order valence-electron chi connectivity index (χ4n) is 3.02. The molecule has 0 N–H and O–H groups in total. The first kappa shape index (κ1) is 19.9. The summed E-state index contributed by atoms with van der Waals surface area (Å²) in [7, 11) is -3.51. The highest BCUT2D eigenvalue weighted by Crippen LogP contribution is 2.25. The van der Waals surface area contributed by atoms with E-state index in [2.05, 4.69) is 0 Å². The second-order valence-corrected chi connectivity index (χ2v) is 9.97. The Bertz CT molecular complexity index is 875. The predicted octanol–water partition coefficient (Wildman–Crippen LogP) is 3.01. The normalized spacial score (nSPS) is 16.9. The van der Waals surface area contributed by atoms with Gasteiger partial charge in [-0.3, -0.25) is 4.79 Å². The van der Waals surface area contributed by atoms with Crippen molar-refractivity contribution >= 4 is 27.7 Å². The molecule has 1 atom stereocenters. The van der Waals surface area contributed by atoms with Crippen LogP contribution >= 0.6 is 11.8 Å². The van der Waals surface area contributed by atoms with Crippen molar-refractivity contribution in [2.24, 2.45) is 0 Å². The second kappa shape index (κ2) is 8.46. The molecule has 2 aromatic rings. The Morgan fingerprint density at radius 2 is 1.56 bits per heavy atom. The van der Waals surface area contributed by atoms with Crippen molar-refractivity contribution < 1.29 is 13.2 Å². The lowest BCUT2D eigenvalue weighted by molar-refractivity contribution is -0.131. The monoisotopic (exact) mass is 404 g/mol. The van der Waals surface area contributed by atoms with E-state index in [0.29, 0.717) is 31.1 Å². The smallest absolute Gasteiger partial charge is 0.243 e. The topological polar surface area (TPSA) is 57.7 Å². The van der Waals surface area contributed by atoms with Gasteiger partial charge in [-0.05, 0) is 38.1 Å². The highest BCUT2D eigenvalue weighted by atomic mass is 32.2. The van der Waals surface area contributed by atoms with Crippen LogP contribution in [0.1, 0.15) is 12.5 Å². The molecular formula is C20H24N2O3S2. The highest BCUT2D eigenvalue weighted by Gasteiger charge is 2.31. The van der Waals surface area contributed by atoms with Crippen molar-refractivity contribution in [3.05, 3.63) is 60.2 Å². The summed E-state index contributed by atoms with van der Waals surface area (Å²) < 4.78 is 27.0. The van der Waals surface area contributed by atoms with E-state index >= 15 is 0 Å². The fourth-order valence-corrected chi connectivity index (χ4v) is 5.41. The van der Waals surface area contributed by atoms with E-state index in [0.717, 1.165) is 10.5 Å². The van der Waals surface area contributed by atoms with Gasteiger partial charge in [0.2, 0.25) is 15.9 Å². The molecule has 0 aromatic heterocycles. The zero-order chi connectivity index (χ0) is 19.4. The van der Waals surface area contributed by atoms with Crippen molar-refractivity contribution in [3.63, 3.8) is 0 Å². The van der Waals surface area contributed by atoms with Gasteiger partial charge in [0.15, 0.2) is 0 Å². The molecule has 27 heavy (non-hydrogen) atoms. The molecule has 0 radical (unpaired) electrons. The average Bonchev–Trinajstić information content (AvgIpc) is 2.68. The van der Waals surface area contributed by atoms with Gasteiger partial charge >= 0.3 is 0 Å². The first-order chi connectivity index (χ1) is 12.9. The summed E-state index contributed by atoms with van der Waals surface area (Å²) in [6.07, 6.45) is 0. The Balaban J connectivity index is 1.59. The number of amides is 1. The first-order valence-corrected chi connectivity index (χ1v) is 11.3. The number of benzene rings is 2. The van der Waals surface area contributed by atoms with Crippen LogP contribution in [-0.4, -0.2) is 55.0 Å². The summed E-state index contributed by atoms with van der Waals surface area (Å²) in [6.45, 7) is 5.31. The molecule has 1 amide bonds. The minimum absolute atomic E-state index is 0.0521. The minimum atomic E-state index is -3.51. The van der Waals surface area contributed by atoms with Gasteiger partial charge in [-0.2, -0.15) is 4.31 Å². The first-order valence-electron chi connectivity index (χ1n) is 8.95. The molecule has 0 saturated carbocycles. The van der Waals surface area contributed by atoms with Crippen molar-refractivity contribution in [1.29, 1.82) is 0 Å². The number of carbonyl (C=O) groups is 1. The lowest BCUT2D eigenvalue weighted by atomic mass is 10.2. The molecule has 3 rings (SSSR count). The molecule has 1 saturated heterocycles. The maximum Gasteiger partial charge on any atom is 0.243 e. The second-order valence-electron chi connectivity index (χ2n) is 6.62. The average molecular weight is 405 g/mol. The summed E-state index contributed by atoms with van der Waals surface area (Å²) in [5, 5.41) is -0.201. The van der Waals surface area contributed by atoms with E-state index in [-0.39, 0.29) is 11.2 Å². The van der Waals surface area contributed by atoms with E-state index in [4.69, 9.17) is 0 Å². The molecule has 1 heterocycles. The number of hydrogen-bond donors (Lipinski definition) is 0. The van der Waals surface area contributed by atoms with E-state index in [1.807, 2.05) is 44.2 Å². The number of sulfonamides is 1. The Kier molecular flexibility index (Phi) is 6.24. The summed E-state index contributed by atoms with van der Waals surface area (Å²) in [5.74, 6) is 0.0521. The van der Waals surface area contributed by atoms with Gasteiger partial charge in [0.05, 0.1) is 10.1 Å². The summed E-state index contributed by atoms with van der Waals surface area (Å²) in [4.78, 5) is 15.8. The number of carbonyl (C=O) groups excluding carboxylic acids is 1. The SMILES string of the molecule is Cc1ccc(S(=O)(=O)N2CCN(C(=O)C(C)Sc3ccccc3)CC2)cc1. The lowest BCUT2D eigenvalue weighted by Gasteiger charge is -2.35. The van der Waals surface area contributed by atoms with Crippen molar-refractivity contribution in [1.82, 2.24) is 9.21 Å². The van der Waals surface area contributed by atoms with E-state index in [1.54, 1.807) is 29.2 Å². The predicted molar refractivity (Wildman–Crippen MR) is 108 cm³/mol. The molecule has 7 heteroatoms. The van der Waals surface area contributed by atoms with Crippen LogP contribution in [0.5, 0.6) is 0 Å². The largest absolute Gasteiger partial charge is 0.339 e. The van der Waals surface area contributed by atoms with Crippen LogP contribution in [-0.2, 0) is 14.8 Å². The summed E-state index contributed by atoms with van der Waals surface area (Å²) in [6, 6.07) is 16.7.